The minimum atomic E-state index is -0.386. The van der Waals surface area contributed by atoms with E-state index in [4.69, 9.17) is 11.5 Å². The lowest BCUT2D eigenvalue weighted by atomic mass is 10.0. The van der Waals surface area contributed by atoms with Gasteiger partial charge in [0.2, 0.25) is 5.91 Å². The molecule has 1 amide bonds. The number of nitrogens with two attached hydrogens (primary N) is 2. The van der Waals surface area contributed by atoms with Crippen LogP contribution < -0.4 is 11.5 Å². The maximum absolute atomic E-state index is 11.0. The Kier molecular flexibility index (Phi) is 5.99. The van der Waals surface area contributed by atoms with Gasteiger partial charge >= 0.3 is 0 Å². The number of amides is 1. The first-order chi connectivity index (χ1) is 8.90. The Morgan fingerprint density at radius 3 is 2.32 bits per heavy atom. The first kappa shape index (κ1) is 15.7. The summed E-state index contributed by atoms with van der Waals surface area (Å²) in [5.41, 5.74) is 13.0. The van der Waals surface area contributed by atoms with Gasteiger partial charge in [0, 0.05) is 18.2 Å². The van der Waals surface area contributed by atoms with E-state index in [0.29, 0.717) is 11.5 Å². The molecule has 0 bridgehead atoms. The van der Waals surface area contributed by atoms with Crippen molar-refractivity contribution in [1.82, 2.24) is 4.90 Å². The molecule has 1 rings (SSSR count). The highest BCUT2D eigenvalue weighted by Gasteiger charge is 2.09. The van der Waals surface area contributed by atoms with Crippen molar-refractivity contribution in [1.29, 1.82) is 0 Å². The molecule has 106 valence electrons. The number of rotatable bonds is 7. The van der Waals surface area contributed by atoms with Crippen LogP contribution in [0.15, 0.2) is 24.3 Å². The van der Waals surface area contributed by atoms with E-state index in [1.807, 2.05) is 12.1 Å². The molecule has 0 heterocycles. The smallest absolute Gasteiger partial charge is 0.248 e. The van der Waals surface area contributed by atoms with E-state index >= 15 is 0 Å². The summed E-state index contributed by atoms with van der Waals surface area (Å²) in [4.78, 5) is 13.2. The van der Waals surface area contributed by atoms with E-state index < -0.39 is 0 Å². The highest BCUT2D eigenvalue weighted by atomic mass is 16.1. The van der Waals surface area contributed by atoms with E-state index in [1.54, 1.807) is 12.1 Å². The Hall–Kier alpha value is -1.39. The molecule has 1 aromatic carbocycles. The van der Waals surface area contributed by atoms with Crippen LogP contribution in [0.1, 0.15) is 36.2 Å². The lowest BCUT2D eigenvalue weighted by Gasteiger charge is -2.21. The molecule has 4 nitrogen and oxygen atoms in total. The third kappa shape index (κ3) is 5.41. The van der Waals surface area contributed by atoms with Gasteiger partial charge in [-0.1, -0.05) is 26.0 Å². The predicted molar refractivity (Wildman–Crippen MR) is 78.7 cm³/mol. The summed E-state index contributed by atoms with van der Waals surface area (Å²) in [5.74, 6) is 0.131. The van der Waals surface area contributed by atoms with Crippen molar-refractivity contribution in [2.45, 2.75) is 32.9 Å². The van der Waals surface area contributed by atoms with Gasteiger partial charge in [0.25, 0.3) is 0 Å². The van der Waals surface area contributed by atoms with Crippen LogP contribution in [0.5, 0.6) is 0 Å². The van der Waals surface area contributed by atoms with Crippen molar-refractivity contribution in [3.8, 4) is 0 Å². The van der Waals surface area contributed by atoms with Gasteiger partial charge in [-0.2, -0.15) is 0 Å². The Labute approximate surface area is 115 Å². The average Bonchev–Trinajstić information content (AvgIpc) is 2.36. The molecular formula is C15H25N3O. The third-order valence-electron chi connectivity index (χ3n) is 3.39. The zero-order valence-electron chi connectivity index (χ0n) is 12.1. The first-order valence-corrected chi connectivity index (χ1v) is 6.73. The van der Waals surface area contributed by atoms with E-state index in [-0.39, 0.29) is 11.9 Å². The molecular weight excluding hydrogens is 238 g/mol. The van der Waals surface area contributed by atoms with Crippen molar-refractivity contribution < 1.29 is 4.79 Å². The monoisotopic (exact) mass is 263 g/mol. The highest BCUT2D eigenvalue weighted by molar-refractivity contribution is 5.92. The molecule has 0 radical (unpaired) electrons. The predicted octanol–water partition coefficient (Wildman–Crippen LogP) is 1.59. The number of primary amides is 1. The topological polar surface area (TPSA) is 72.3 Å². The Morgan fingerprint density at radius 2 is 1.84 bits per heavy atom. The van der Waals surface area contributed by atoms with Gasteiger partial charge in [0.05, 0.1) is 0 Å². The molecule has 0 aliphatic carbocycles. The van der Waals surface area contributed by atoms with Crippen molar-refractivity contribution in [2.75, 3.05) is 13.6 Å². The summed E-state index contributed by atoms with van der Waals surface area (Å²) in [7, 11) is 2.08. The van der Waals surface area contributed by atoms with Gasteiger partial charge in [0.1, 0.15) is 0 Å². The van der Waals surface area contributed by atoms with Crippen LogP contribution in [0.2, 0.25) is 0 Å². The highest BCUT2D eigenvalue weighted by Crippen LogP contribution is 2.08. The Balaban J connectivity index is 2.44. The zero-order valence-corrected chi connectivity index (χ0v) is 12.1. The van der Waals surface area contributed by atoms with E-state index in [1.165, 1.54) is 5.56 Å². The van der Waals surface area contributed by atoms with Gasteiger partial charge in [0.15, 0.2) is 0 Å². The van der Waals surface area contributed by atoms with Crippen LogP contribution in [0, 0.1) is 5.92 Å². The van der Waals surface area contributed by atoms with Crippen LogP contribution in [0.25, 0.3) is 0 Å². The molecule has 0 aromatic heterocycles. The van der Waals surface area contributed by atoms with E-state index in [2.05, 4.69) is 25.8 Å². The molecule has 0 spiro atoms. The third-order valence-corrected chi connectivity index (χ3v) is 3.39. The lowest BCUT2D eigenvalue weighted by Crippen LogP contribution is -2.31. The van der Waals surface area contributed by atoms with E-state index in [0.717, 1.165) is 19.5 Å². The number of hydrogen-bond acceptors (Lipinski definition) is 3. The largest absolute Gasteiger partial charge is 0.366 e. The second-order valence-electron chi connectivity index (χ2n) is 5.50. The summed E-state index contributed by atoms with van der Waals surface area (Å²) >= 11 is 0. The van der Waals surface area contributed by atoms with Crippen molar-refractivity contribution in [3.05, 3.63) is 35.4 Å². The van der Waals surface area contributed by atoms with Gasteiger partial charge in [-0.05, 0) is 43.6 Å². The molecule has 0 aliphatic rings. The lowest BCUT2D eigenvalue weighted by molar-refractivity contribution is 0.100. The van der Waals surface area contributed by atoms with Crippen LogP contribution in [-0.2, 0) is 6.54 Å². The molecule has 0 saturated carbocycles. The first-order valence-electron chi connectivity index (χ1n) is 6.73. The maximum Gasteiger partial charge on any atom is 0.248 e. The fourth-order valence-corrected chi connectivity index (χ4v) is 1.87. The minimum absolute atomic E-state index is 0.250. The van der Waals surface area contributed by atoms with Crippen LogP contribution in [0.3, 0.4) is 0 Å². The maximum atomic E-state index is 11.0. The second-order valence-corrected chi connectivity index (χ2v) is 5.50. The molecule has 4 N–H and O–H groups in total. The number of carbonyl (C=O) groups is 1. The average molecular weight is 263 g/mol. The molecule has 1 aromatic rings. The van der Waals surface area contributed by atoms with Crippen molar-refractivity contribution in [2.24, 2.45) is 17.4 Å². The standard InChI is InChI=1S/C15H25N3O/c1-11(2)14(16)8-9-18(3)10-12-4-6-13(7-5-12)15(17)19/h4-7,11,14H,8-10,16H2,1-3H3,(H2,17,19). The quantitative estimate of drug-likeness (QED) is 0.784. The fourth-order valence-electron chi connectivity index (χ4n) is 1.87. The number of carbonyl (C=O) groups excluding carboxylic acids is 1. The van der Waals surface area contributed by atoms with Gasteiger partial charge in [-0.3, -0.25) is 4.79 Å². The SMILES string of the molecule is CC(C)C(N)CCN(C)Cc1ccc(C(N)=O)cc1. The fraction of sp³-hybridized carbons (Fsp3) is 0.533. The molecule has 19 heavy (non-hydrogen) atoms. The summed E-state index contributed by atoms with van der Waals surface area (Å²) in [6.45, 7) is 6.11. The van der Waals surface area contributed by atoms with Crippen molar-refractivity contribution >= 4 is 5.91 Å². The van der Waals surface area contributed by atoms with Crippen LogP contribution in [-0.4, -0.2) is 30.4 Å². The number of hydrogen-bond donors (Lipinski definition) is 2. The van der Waals surface area contributed by atoms with Gasteiger partial charge in [-0.25, -0.2) is 0 Å². The Bertz CT molecular complexity index is 400. The van der Waals surface area contributed by atoms with Crippen LogP contribution in [0.4, 0.5) is 0 Å². The molecule has 4 heteroatoms. The van der Waals surface area contributed by atoms with Gasteiger partial charge in [-0.15, -0.1) is 0 Å². The van der Waals surface area contributed by atoms with Gasteiger partial charge < -0.3 is 16.4 Å². The summed E-state index contributed by atoms with van der Waals surface area (Å²) < 4.78 is 0. The Morgan fingerprint density at radius 1 is 1.26 bits per heavy atom. The normalized spacial score (nSPS) is 12.9. The number of nitrogens with zero attached hydrogens (tertiary/aromatic N) is 1. The molecule has 0 aliphatic heterocycles. The summed E-state index contributed by atoms with van der Waals surface area (Å²) in [6, 6.07) is 7.67. The number of benzene rings is 1. The molecule has 0 fully saturated rings. The van der Waals surface area contributed by atoms with Crippen molar-refractivity contribution in [3.63, 3.8) is 0 Å². The van der Waals surface area contributed by atoms with Crippen LogP contribution >= 0.6 is 0 Å². The summed E-state index contributed by atoms with van der Waals surface area (Å²) in [6.07, 6.45) is 0.994. The second kappa shape index (κ2) is 7.26. The zero-order chi connectivity index (χ0) is 14.4. The van der Waals surface area contributed by atoms with E-state index in [9.17, 15) is 4.79 Å². The molecule has 1 unspecified atom stereocenters. The molecule has 0 saturated heterocycles. The minimum Gasteiger partial charge on any atom is -0.366 e. The summed E-state index contributed by atoms with van der Waals surface area (Å²) in [5, 5.41) is 0. The molecule has 1 atom stereocenters.